The van der Waals surface area contributed by atoms with Gasteiger partial charge in [0.05, 0.1) is 0 Å². The molecule has 0 saturated carbocycles. The monoisotopic (exact) mass is 320 g/mol. The Morgan fingerprint density at radius 1 is 1.10 bits per heavy atom. The second-order valence-corrected chi connectivity index (χ2v) is 6.15. The number of benzene rings is 2. The molecule has 0 bridgehead atoms. The van der Waals surface area contributed by atoms with Crippen molar-refractivity contribution in [2.24, 2.45) is 0 Å². The Morgan fingerprint density at radius 3 is 2.67 bits per heavy atom. The summed E-state index contributed by atoms with van der Waals surface area (Å²) in [6, 6.07) is 12.9. The van der Waals surface area contributed by atoms with Gasteiger partial charge in [-0.15, -0.1) is 11.8 Å². The van der Waals surface area contributed by atoms with Crippen LogP contribution in [-0.2, 0) is 0 Å². The first-order valence-corrected chi connectivity index (χ1v) is 7.90. The molecule has 0 aliphatic carbocycles. The van der Waals surface area contributed by atoms with Crippen molar-refractivity contribution in [2.75, 3.05) is 12.5 Å². The highest BCUT2D eigenvalue weighted by atomic mass is 35.5. The fraction of sp³-hybridized carbons (Fsp3) is 0.188. The lowest BCUT2D eigenvalue weighted by molar-refractivity contribution is 0.0989. The molecule has 0 fully saturated rings. The van der Waals surface area contributed by atoms with Crippen molar-refractivity contribution in [1.29, 1.82) is 0 Å². The van der Waals surface area contributed by atoms with Gasteiger partial charge in [0.1, 0.15) is 0 Å². The summed E-state index contributed by atoms with van der Waals surface area (Å²) in [7, 11) is 0. The predicted octanol–water partition coefficient (Wildman–Crippen LogP) is 4.43. The molecule has 1 heterocycles. The number of ketones is 1. The third-order valence-corrected chi connectivity index (χ3v) is 4.37. The van der Waals surface area contributed by atoms with Crippen molar-refractivity contribution in [2.45, 2.75) is 11.3 Å². The van der Waals surface area contributed by atoms with Crippen molar-refractivity contribution in [3.8, 4) is 11.5 Å². The minimum Gasteiger partial charge on any atom is -0.454 e. The molecule has 1 aliphatic rings. The zero-order valence-electron chi connectivity index (χ0n) is 11.2. The van der Waals surface area contributed by atoms with Crippen LogP contribution < -0.4 is 9.47 Å². The summed E-state index contributed by atoms with van der Waals surface area (Å²) in [5, 5.41) is 0.718. The average Bonchev–Trinajstić information content (AvgIpc) is 2.96. The van der Waals surface area contributed by atoms with E-state index in [2.05, 4.69) is 0 Å². The highest BCUT2D eigenvalue weighted by molar-refractivity contribution is 7.99. The van der Waals surface area contributed by atoms with E-state index in [1.54, 1.807) is 30.0 Å². The fourth-order valence-electron chi connectivity index (χ4n) is 2.01. The van der Waals surface area contributed by atoms with Crippen LogP contribution in [0, 0.1) is 0 Å². The van der Waals surface area contributed by atoms with Gasteiger partial charge >= 0.3 is 0 Å². The molecule has 0 saturated heterocycles. The molecule has 0 unspecified atom stereocenters. The summed E-state index contributed by atoms with van der Waals surface area (Å²) in [6.07, 6.45) is 0.479. The number of carbonyl (C=O) groups excluding carboxylic acids is 1. The maximum Gasteiger partial charge on any atom is 0.231 e. The van der Waals surface area contributed by atoms with Gasteiger partial charge in [-0.2, -0.15) is 0 Å². The Kier molecular flexibility index (Phi) is 4.36. The smallest absolute Gasteiger partial charge is 0.231 e. The fourth-order valence-corrected chi connectivity index (χ4v) is 2.98. The second kappa shape index (κ2) is 6.41. The third kappa shape index (κ3) is 3.52. The molecule has 0 radical (unpaired) electrons. The topological polar surface area (TPSA) is 35.5 Å². The predicted molar refractivity (Wildman–Crippen MR) is 83.7 cm³/mol. The van der Waals surface area contributed by atoms with Gasteiger partial charge in [-0.1, -0.05) is 11.6 Å². The van der Waals surface area contributed by atoms with Crippen LogP contribution in [0.2, 0.25) is 5.02 Å². The highest BCUT2D eigenvalue weighted by Crippen LogP contribution is 2.33. The maximum absolute atomic E-state index is 12.2. The van der Waals surface area contributed by atoms with Gasteiger partial charge in [0.15, 0.2) is 17.3 Å². The molecule has 0 aromatic heterocycles. The summed E-state index contributed by atoms with van der Waals surface area (Å²) >= 11 is 7.48. The number of ether oxygens (including phenoxy) is 2. The lowest BCUT2D eigenvalue weighted by atomic mass is 10.1. The van der Waals surface area contributed by atoms with Crippen molar-refractivity contribution in [3.63, 3.8) is 0 Å². The van der Waals surface area contributed by atoms with Crippen molar-refractivity contribution in [3.05, 3.63) is 53.1 Å². The summed E-state index contributed by atoms with van der Waals surface area (Å²) in [4.78, 5) is 13.3. The lowest BCUT2D eigenvalue weighted by Crippen LogP contribution is -2.00. The molecule has 0 atom stereocenters. The minimum atomic E-state index is 0.106. The Labute approximate surface area is 132 Å². The Morgan fingerprint density at radius 2 is 1.86 bits per heavy atom. The van der Waals surface area contributed by atoms with E-state index in [9.17, 15) is 4.79 Å². The number of hydrogen-bond donors (Lipinski definition) is 0. The lowest BCUT2D eigenvalue weighted by Gasteiger charge is -2.03. The van der Waals surface area contributed by atoms with Crippen LogP contribution in [0.15, 0.2) is 47.4 Å². The number of fused-ring (bicyclic) bond motifs is 1. The molecule has 3 rings (SSSR count). The quantitative estimate of drug-likeness (QED) is 0.603. The van der Waals surface area contributed by atoms with E-state index >= 15 is 0 Å². The van der Waals surface area contributed by atoms with Crippen LogP contribution in [0.3, 0.4) is 0 Å². The maximum atomic E-state index is 12.2. The third-order valence-electron chi connectivity index (χ3n) is 3.11. The highest BCUT2D eigenvalue weighted by Gasteiger charge is 2.16. The van der Waals surface area contributed by atoms with Crippen molar-refractivity contribution >= 4 is 29.1 Å². The Balaban J connectivity index is 1.55. The van der Waals surface area contributed by atoms with E-state index in [4.69, 9.17) is 21.1 Å². The van der Waals surface area contributed by atoms with E-state index in [1.807, 2.05) is 24.3 Å². The van der Waals surface area contributed by atoms with Gasteiger partial charge in [-0.3, -0.25) is 4.79 Å². The molecule has 5 heteroatoms. The first-order chi connectivity index (χ1) is 10.2. The Hall–Kier alpha value is -1.65. The normalized spacial score (nSPS) is 12.4. The van der Waals surface area contributed by atoms with Crippen LogP contribution in [-0.4, -0.2) is 18.3 Å². The van der Waals surface area contributed by atoms with Crippen LogP contribution >= 0.6 is 23.4 Å². The number of Topliss-reactive ketones (excluding diaryl/α,β-unsaturated/α-hetero) is 1. The average molecular weight is 321 g/mol. The van der Waals surface area contributed by atoms with Gasteiger partial charge in [-0.05, 0) is 42.5 Å². The van der Waals surface area contributed by atoms with Gasteiger partial charge in [-0.25, -0.2) is 0 Å². The largest absolute Gasteiger partial charge is 0.454 e. The Bertz CT molecular complexity index is 655. The zero-order valence-corrected chi connectivity index (χ0v) is 12.7. The first-order valence-electron chi connectivity index (χ1n) is 6.53. The van der Waals surface area contributed by atoms with Gasteiger partial charge in [0.2, 0.25) is 6.79 Å². The number of thioether (sulfide) groups is 1. The number of halogens is 1. The van der Waals surface area contributed by atoms with Crippen molar-refractivity contribution < 1.29 is 14.3 Å². The van der Waals surface area contributed by atoms with Gasteiger partial charge in [0.25, 0.3) is 0 Å². The van der Waals surface area contributed by atoms with Gasteiger partial charge in [0, 0.05) is 27.7 Å². The molecular formula is C16H13ClO3S. The number of rotatable bonds is 5. The molecule has 2 aromatic rings. The number of hydrogen-bond acceptors (Lipinski definition) is 4. The molecule has 0 spiro atoms. The molecular weight excluding hydrogens is 308 g/mol. The molecule has 108 valence electrons. The molecule has 1 aliphatic heterocycles. The van der Waals surface area contributed by atoms with Gasteiger partial charge < -0.3 is 9.47 Å². The molecule has 2 aromatic carbocycles. The molecule has 0 amide bonds. The first kappa shape index (κ1) is 14.3. The standard InChI is InChI=1S/C16H13ClO3S/c17-12-2-4-13(5-3-12)21-8-7-14(18)11-1-6-15-16(9-11)20-10-19-15/h1-6,9H,7-8,10H2. The SMILES string of the molecule is O=C(CCSc1ccc(Cl)cc1)c1ccc2c(c1)OCO2. The van der Waals surface area contributed by atoms with E-state index in [0.29, 0.717) is 23.5 Å². The molecule has 0 N–H and O–H groups in total. The van der Waals surface area contributed by atoms with E-state index in [-0.39, 0.29) is 12.6 Å². The van der Waals surface area contributed by atoms with Crippen LogP contribution in [0.5, 0.6) is 11.5 Å². The summed E-state index contributed by atoms with van der Waals surface area (Å²) in [5.74, 6) is 2.18. The zero-order chi connectivity index (χ0) is 14.7. The van der Waals surface area contributed by atoms with E-state index < -0.39 is 0 Å². The summed E-state index contributed by atoms with van der Waals surface area (Å²) in [6.45, 7) is 0.222. The van der Waals surface area contributed by atoms with E-state index in [1.165, 1.54) is 0 Å². The van der Waals surface area contributed by atoms with Crippen LogP contribution in [0.4, 0.5) is 0 Å². The van der Waals surface area contributed by atoms with Crippen molar-refractivity contribution in [1.82, 2.24) is 0 Å². The number of carbonyl (C=O) groups is 1. The van der Waals surface area contributed by atoms with Crippen LogP contribution in [0.1, 0.15) is 16.8 Å². The molecule has 21 heavy (non-hydrogen) atoms. The summed E-state index contributed by atoms with van der Waals surface area (Å²) < 4.78 is 10.5. The molecule has 3 nitrogen and oxygen atoms in total. The minimum absolute atomic E-state index is 0.106. The summed E-state index contributed by atoms with van der Waals surface area (Å²) in [5.41, 5.74) is 0.663. The second-order valence-electron chi connectivity index (χ2n) is 4.54. The van der Waals surface area contributed by atoms with Crippen LogP contribution in [0.25, 0.3) is 0 Å². The van der Waals surface area contributed by atoms with E-state index in [0.717, 1.165) is 15.7 Å².